The van der Waals surface area contributed by atoms with Crippen LogP contribution in [0.25, 0.3) is 0 Å². The van der Waals surface area contributed by atoms with Gasteiger partial charge in [0.1, 0.15) is 12.6 Å². The number of imide groups is 1. The summed E-state index contributed by atoms with van der Waals surface area (Å²) in [4.78, 5) is 49.3. The Balaban J connectivity index is 1.75. The Hall–Kier alpha value is -3.68. The second kappa shape index (κ2) is 9.69. The van der Waals surface area contributed by atoms with Gasteiger partial charge in [0, 0.05) is 13.0 Å². The van der Waals surface area contributed by atoms with Crippen LogP contribution in [0.2, 0.25) is 0 Å². The number of carbonyl (C=O) groups is 4. The lowest BCUT2D eigenvalue weighted by atomic mass is 10.0. The summed E-state index contributed by atoms with van der Waals surface area (Å²) in [6.07, 6.45) is -0.169. The Bertz CT molecular complexity index is 944. The van der Waals surface area contributed by atoms with Crippen molar-refractivity contribution in [3.05, 3.63) is 71.3 Å². The maximum atomic E-state index is 12.8. The molecule has 0 aliphatic carbocycles. The lowest BCUT2D eigenvalue weighted by Gasteiger charge is -2.32. The van der Waals surface area contributed by atoms with E-state index in [2.05, 4.69) is 5.32 Å². The van der Waals surface area contributed by atoms with Gasteiger partial charge < -0.3 is 9.84 Å². The molecule has 2 N–H and O–H groups in total. The highest BCUT2D eigenvalue weighted by molar-refractivity contribution is 6.01. The molecule has 1 atom stereocenters. The van der Waals surface area contributed by atoms with Crippen molar-refractivity contribution in [3.8, 4) is 0 Å². The topological polar surface area (TPSA) is 113 Å². The summed E-state index contributed by atoms with van der Waals surface area (Å²) in [6.45, 7) is 0.110. The zero-order valence-electron chi connectivity index (χ0n) is 16.2. The number of rotatable bonds is 7. The molecule has 8 nitrogen and oxygen atoms in total. The average Bonchev–Trinajstić information content (AvgIpc) is 2.74. The van der Waals surface area contributed by atoms with Gasteiger partial charge in [0.2, 0.25) is 11.8 Å². The third kappa shape index (κ3) is 5.22. The Morgan fingerprint density at radius 3 is 2.47 bits per heavy atom. The molecule has 0 radical (unpaired) electrons. The molecule has 3 rings (SSSR count). The van der Waals surface area contributed by atoms with Gasteiger partial charge in [-0.05, 0) is 30.0 Å². The number of hydrogen-bond acceptors (Lipinski definition) is 5. The van der Waals surface area contributed by atoms with Crippen LogP contribution < -0.4 is 5.32 Å². The molecule has 0 bridgehead atoms. The third-order valence-electron chi connectivity index (χ3n) is 4.90. The van der Waals surface area contributed by atoms with Gasteiger partial charge in [-0.15, -0.1) is 0 Å². The molecule has 3 amide bonds. The molecular weight excluding hydrogens is 388 g/mol. The summed E-state index contributed by atoms with van der Waals surface area (Å²) in [5, 5.41) is 11.6. The molecule has 0 saturated carbocycles. The smallest absolute Gasteiger partial charge is 0.410 e. The van der Waals surface area contributed by atoms with E-state index < -0.39 is 24.0 Å². The summed E-state index contributed by atoms with van der Waals surface area (Å²) in [7, 11) is 0. The maximum Gasteiger partial charge on any atom is 0.410 e. The standard InChI is InChI=1S/C22H22N2O6/c25-19-11-10-18(20(26)23-19)24(22(29)30-14-15-6-2-1-3-7-15)13-12-16-8-4-5-9-17(16)21(27)28/h1-9,18H,10-14H2,(H,27,28)(H,23,25,26). The number of amides is 3. The molecule has 0 aromatic heterocycles. The Labute approximate surface area is 173 Å². The molecule has 0 spiro atoms. The molecule has 1 saturated heterocycles. The predicted molar refractivity (Wildman–Crippen MR) is 107 cm³/mol. The highest BCUT2D eigenvalue weighted by Gasteiger charge is 2.35. The van der Waals surface area contributed by atoms with Crippen molar-refractivity contribution in [1.29, 1.82) is 0 Å². The SMILES string of the molecule is O=C1CCC(N(CCc2ccccc2C(=O)O)C(=O)OCc2ccccc2)C(=O)N1. The van der Waals surface area contributed by atoms with Gasteiger partial charge in [-0.2, -0.15) is 0 Å². The lowest BCUT2D eigenvalue weighted by Crippen LogP contribution is -2.54. The number of ether oxygens (including phenoxy) is 1. The number of nitrogens with zero attached hydrogens (tertiary/aromatic N) is 1. The molecule has 8 heteroatoms. The summed E-state index contributed by atoms with van der Waals surface area (Å²) in [6, 6.07) is 14.8. The van der Waals surface area contributed by atoms with Gasteiger partial charge >= 0.3 is 12.1 Å². The van der Waals surface area contributed by atoms with E-state index in [9.17, 15) is 24.3 Å². The summed E-state index contributed by atoms with van der Waals surface area (Å²) in [5.74, 6) is -2.01. The van der Waals surface area contributed by atoms with Crippen molar-refractivity contribution in [2.45, 2.75) is 31.9 Å². The van der Waals surface area contributed by atoms with E-state index in [1.54, 1.807) is 18.2 Å². The third-order valence-corrected chi connectivity index (χ3v) is 4.90. The molecule has 1 unspecified atom stereocenters. The first kappa shape index (κ1) is 21.0. The molecule has 2 aromatic carbocycles. The van der Waals surface area contributed by atoms with E-state index >= 15 is 0 Å². The zero-order chi connectivity index (χ0) is 21.5. The number of piperidine rings is 1. The largest absolute Gasteiger partial charge is 0.478 e. The van der Waals surface area contributed by atoms with Crippen molar-refractivity contribution in [1.82, 2.24) is 10.2 Å². The normalized spacial score (nSPS) is 15.9. The van der Waals surface area contributed by atoms with E-state index in [1.165, 1.54) is 11.0 Å². The van der Waals surface area contributed by atoms with Crippen LogP contribution >= 0.6 is 0 Å². The van der Waals surface area contributed by atoms with Crippen LogP contribution in [0.15, 0.2) is 54.6 Å². The van der Waals surface area contributed by atoms with Crippen molar-refractivity contribution >= 4 is 23.9 Å². The number of aromatic carboxylic acids is 1. The molecular formula is C22H22N2O6. The molecule has 156 valence electrons. The summed E-state index contributed by atoms with van der Waals surface area (Å²) in [5.41, 5.74) is 1.47. The van der Waals surface area contributed by atoms with E-state index in [4.69, 9.17) is 4.74 Å². The fourth-order valence-corrected chi connectivity index (χ4v) is 3.34. The lowest BCUT2D eigenvalue weighted by molar-refractivity contribution is -0.137. The molecule has 30 heavy (non-hydrogen) atoms. The Morgan fingerprint density at radius 2 is 1.77 bits per heavy atom. The van der Waals surface area contributed by atoms with E-state index in [0.29, 0.717) is 5.56 Å². The van der Waals surface area contributed by atoms with Crippen LogP contribution in [0.3, 0.4) is 0 Å². The number of carboxylic acid groups (broad SMARTS) is 1. The van der Waals surface area contributed by atoms with Gasteiger partial charge in [-0.3, -0.25) is 19.8 Å². The van der Waals surface area contributed by atoms with Crippen LogP contribution in [0.5, 0.6) is 0 Å². The first-order chi connectivity index (χ1) is 14.5. The highest BCUT2D eigenvalue weighted by Crippen LogP contribution is 2.17. The first-order valence-electron chi connectivity index (χ1n) is 9.58. The molecule has 1 aliphatic rings. The number of carboxylic acids is 1. The molecule has 2 aromatic rings. The minimum Gasteiger partial charge on any atom is -0.478 e. The van der Waals surface area contributed by atoms with Gasteiger partial charge in [-0.25, -0.2) is 9.59 Å². The molecule has 1 fully saturated rings. The van der Waals surface area contributed by atoms with Gasteiger partial charge in [0.15, 0.2) is 0 Å². The van der Waals surface area contributed by atoms with Crippen LogP contribution in [0, 0.1) is 0 Å². The fraction of sp³-hybridized carbons (Fsp3) is 0.273. The molecule has 1 heterocycles. The van der Waals surface area contributed by atoms with E-state index in [-0.39, 0.29) is 43.9 Å². The van der Waals surface area contributed by atoms with Crippen LogP contribution in [-0.4, -0.2) is 46.5 Å². The second-order valence-corrected chi connectivity index (χ2v) is 6.91. The maximum absolute atomic E-state index is 12.8. The van der Waals surface area contributed by atoms with Gasteiger partial charge in [0.25, 0.3) is 0 Å². The Kier molecular flexibility index (Phi) is 6.79. The van der Waals surface area contributed by atoms with Crippen molar-refractivity contribution < 1.29 is 29.0 Å². The minimum absolute atomic E-state index is 0.0369. The quantitative estimate of drug-likeness (QED) is 0.678. The van der Waals surface area contributed by atoms with Crippen molar-refractivity contribution in [2.24, 2.45) is 0 Å². The number of nitrogens with one attached hydrogen (secondary N) is 1. The van der Waals surface area contributed by atoms with Crippen molar-refractivity contribution in [3.63, 3.8) is 0 Å². The first-order valence-corrected chi connectivity index (χ1v) is 9.58. The second-order valence-electron chi connectivity index (χ2n) is 6.91. The zero-order valence-corrected chi connectivity index (χ0v) is 16.2. The van der Waals surface area contributed by atoms with Crippen LogP contribution in [0.1, 0.15) is 34.3 Å². The summed E-state index contributed by atoms with van der Waals surface area (Å²) < 4.78 is 5.39. The van der Waals surface area contributed by atoms with Crippen LogP contribution in [-0.2, 0) is 27.4 Å². The van der Waals surface area contributed by atoms with E-state index in [0.717, 1.165) is 5.56 Å². The van der Waals surface area contributed by atoms with Gasteiger partial charge in [0.05, 0.1) is 5.56 Å². The number of carbonyl (C=O) groups excluding carboxylic acids is 3. The number of benzene rings is 2. The number of hydrogen-bond donors (Lipinski definition) is 2. The fourth-order valence-electron chi connectivity index (χ4n) is 3.34. The van der Waals surface area contributed by atoms with E-state index in [1.807, 2.05) is 30.3 Å². The monoisotopic (exact) mass is 410 g/mol. The Morgan fingerprint density at radius 1 is 1.07 bits per heavy atom. The highest BCUT2D eigenvalue weighted by atomic mass is 16.6. The summed E-state index contributed by atoms with van der Waals surface area (Å²) >= 11 is 0. The predicted octanol–water partition coefficient (Wildman–Crippen LogP) is 2.37. The van der Waals surface area contributed by atoms with Crippen LogP contribution in [0.4, 0.5) is 4.79 Å². The average molecular weight is 410 g/mol. The van der Waals surface area contributed by atoms with Gasteiger partial charge in [-0.1, -0.05) is 48.5 Å². The van der Waals surface area contributed by atoms with Crippen molar-refractivity contribution in [2.75, 3.05) is 6.54 Å². The molecule has 1 aliphatic heterocycles. The minimum atomic E-state index is -1.06.